The molecule has 5 heteroatoms. The van der Waals surface area contributed by atoms with Gasteiger partial charge in [0, 0.05) is 19.0 Å². The Morgan fingerprint density at radius 3 is 2.39 bits per heavy atom. The number of likely N-dealkylation sites (tertiary alicyclic amines) is 1. The van der Waals surface area contributed by atoms with Crippen LogP contribution in [-0.2, 0) is 12.7 Å². The van der Waals surface area contributed by atoms with Gasteiger partial charge in [0.25, 0.3) is 0 Å². The molecule has 0 spiro atoms. The third kappa shape index (κ3) is 3.39. The monoisotopic (exact) mass is 277 g/mol. The van der Waals surface area contributed by atoms with E-state index in [1.54, 1.807) is 12.1 Å². The van der Waals surface area contributed by atoms with Gasteiger partial charge in [0.15, 0.2) is 0 Å². The highest BCUT2D eigenvalue weighted by Gasteiger charge is 2.30. The zero-order valence-corrected chi connectivity index (χ0v) is 10.6. The molecule has 2 rings (SSSR count). The van der Waals surface area contributed by atoms with Crippen molar-refractivity contribution in [2.45, 2.75) is 19.1 Å². The van der Waals surface area contributed by atoms with E-state index in [4.69, 9.17) is 11.6 Å². The van der Waals surface area contributed by atoms with Gasteiger partial charge in [-0.2, -0.15) is 13.2 Å². The molecule has 1 aromatic carbocycles. The minimum absolute atomic E-state index is 0.515. The lowest BCUT2D eigenvalue weighted by atomic mass is 10.1. The standard InChI is InChI=1S/C13H15ClF3N/c14-7-11-5-6-18(9-11)8-10-1-3-12(4-2-10)13(15,16)17/h1-4,11H,5-9H2. The van der Waals surface area contributed by atoms with E-state index in [-0.39, 0.29) is 0 Å². The zero-order valence-electron chi connectivity index (χ0n) is 9.88. The van der Waals surface area contributed by atoms with E-state index in [0.717, 1.165) is 37.2 Å². The van der Waals surface area contributed by atoms with Crippen LogP contribution < -0.4 is 0 Å². The summed E-state index contributed by atoms with van der Waals surface area (Å²) in [4.78, 5) is 2.23. The fraction of sp³-hybridized carbons (Fsp3) is 0.538. The number of hydrogen-bond acceptors (Lipinski definition) is 1. The molecule has 0 amide bonds. The Kier molecular flexibility index (Phi) is 4.17. The second-order valence-corrected chi connectivity index (χ2v) is 5.05. The number of halogens is 4. The molecule has 0 bridgehead atoms. The van der Waals surface area contributed by atoms with Gasteiger partial charge in [-0.1, -0.05) is 12.1 Å². The summed E-state index contributed by atoms with van der Waals surface area (Å²) in [6.45, 7) is 2.61. The van der Waals surface area contributed by atoms with Crippen LogP contribution in [0.25, 0.3) is 0 Å². The van der Waals surface area contributed by atoms with Gasteiger partial charge in [-0.15, -0.1) is 11.6 Å². The summed E-state index contributed by atoms with van der Waals surface area (Å²) in [6, 6.07) is 5.39. The van der Waals surface area contributed by atoms with Gasteiger partial charge in [0.2, 0.25) is 0 Å². The van der Waals surface area contributed by atoms with Gasteiger partial charge in [-0.05, 0) is 36.6 Å². The molecule has 1 saturated heterocycles. The Morgan fingerprint density at radius 2 is 1.89 bits per heavy atom. The minimum Gasteiger partial charge on any atom is -0.299 e. The molecule has 1 heterocycles. The first-order valence-corrected chi connectivity index (χ1v) is 6.47. The fourth-order valence-corrected chi connectivity index (χ4v) is 2.49. The van der Waals surface area contributed by atoms with Crippen LogP contribution in [0.4, 0.5) is 13.2 Å². The van der Waals surface area contributed by atoms with Gasteiger partial charge in [0.05, 0.1) is 5.56 Å². The minimum atomic E-state index is -4.25. The smallest absolute Gasteiger partial charge is 0.299 e. The molecule has 0 aliphatic carbocycles. The predicted molar refractivity (Wildman–Crippen MR) is 65.5 cm³/mol. The molecule has 0 saturated carbocycles. The van der Waals surface area contributed by atoms with E-state index in [2.05, 4.69) is 4.90 Å². The van der Waals surface area contributed by atoms with Gasteiger partial charge < -0.3 is 0 Å². The Hall–Kier alpha value is -0.740. The molecule has 0 N–H and O–H groups in total. The summed E-state index contributed by atoms with van der Waals surface area (Å²) in [5, 5.41) is 0. The number of nitrogens with zero attached hydrogens (tertiary/aromatic N) is 1. The highest BCUT2D eigenvalue weighted by Crippen LogP contribution is 2.29. The molecule has 1 unspecified atom stereocenters. The van der Waals surface area contributed by atoms with E-state index in [1.165, 1.54) is 0 Å². The van der Waals surface area contributed by atoms with Crippen molar-refractivity contribution in [1.82, 2.24) is 4.90 Å². The lowest BCUT2D eigenvalue weighted by Crippen LogP contribution is -2.20. The lowest BCUT2D eigenvalue weighted by Gasteiger charge is -2.16. The maximum atomic E-state index is 12.4. The van der Waals surface area contributed by atoms with Crippen molar-refractivity contribution in [3.8, 4) is 0 Å². The predicted octanol–water partition coefficient (Wildman–Crippen LogP) is 3.77. The van der Waals surface area contributed by atoms with E-state index in [9.17, 15) is 13.2 Å². The number of benzene rings is 1. The second kappa shape index (κ2) is 5.49. The molecule has 1 aliphatic rings. The Morgan fingerprint density at radius 1 is 1.22 bits per heavy atom. The third-order valence-electron chi connectivity index (χ3n) is 3.28. The first kappa shape index (κ1) is 13.7. The van der Waals surface area contributed by atoms with Crippen LogP contribution in [0.2, 0.25) is 0 Å². The van der Waals surface area contributed by atoms with Crippen molar-refractivity contribution in [2.75, 3.05) is 19.0 Å². The first-order valence-electron chi connectivity index (χ1n) is 5.93. The normalized spacial score (nSPS) is 21.4. The molecule has 0 aromatic heterocycles. The topological polar surface area (TPSA) is 3.24 Å². The average Bonchev–Trinajstić information content (AvgIpc) is 2.76. The van der Waals surface area contributed by atoms with E-state index < -0.39 is 11.7 Å². The Bertz CT molecular complexity index is 388. The third-order valence-corrected chi connectivity index (χ3v) is 3.71. The molecule has 1 atom stereocenters. The quantitative estimate of drug-likeness (QED) is 0.760. The highest BCUT2D eigenvalue weighted by atomic mass is 35.5. The molecule has 1 aliphatic heterocycles. The summed E-state index contributed by atoms with van der Waals surface area (Å²) in [7, 11) is 0. The summed E-state index contributed by atoms with van der Waals surface area (Å²) >= 11 is 5.80. The van der Waals surface area contributed by atoms with E-state index >= 15 is 0 Å². The molecule has 1 fully saturated rings. The second-order valence-electron chi connectivity index (χ2n) is 4.74. The van der Waals surface area contributed by atoms with Gasteiger partial charge in [0.1, 0.15) is 0 Å². The Labute approximate surface area is 110 Å². The van der Waals surface area contributed by atoms with Gasteiger partial charge in [-0.25, -0.2) is 0 Å². The maximum absolute atomic E-state index is 12.4. The summed E-state index contributed by atoms with van der Waals surface area (Å²) in [5.74, 6) is 1.17. The van der Waals surface area contributed by atoms with Crippen molar-refractivity contribution in [3.05, 3.63) is 35.4 Å². The van der Waals surface area contributed by atoms with Crippen LogP contribution in [0.3, 0.4) is 0 Å². The molecular weight excluding hydrogens is 263 g/mol. The fourth-order valence-electron chi connectivity index (χ4n) is 2.24. The van der Waals surface area contributed by atoms with Crippen LogP contribution in [0.15, 0.2) is 24.3 Å². The molecule has 0 radical (unpaired) electrons. The van der Waals surface area contributed by atoms with Crippen molar-refractivity contribution < 1.29 is 13.2 Å². The number of rotatable bonds is 3. The largest absolute Gasteiger partial charge is 0.416 e. The van der Waals surface area contributed by atoms with Gasteiger partial charge >= 0.3 is 6.18 Å². The molecule has 18 heavy (non-hydrogen) atoms. The SMILES string of the molecule is FC(F)(F)c1ccc(CN2CCC(CCl)C2)cc1. The van der Waals surface area contributed by atoms with Crippen LogP contribution in [0.5, 0.6) is 0 Å². The van der Waals surface area contributed by atoms with Gasteiger partial charge in [-0.3, -0.25) is 4.90 Å². The summed E-state index contributed by atoms with van der Waals surface area (Å²) < 4.78 is 37.2. The van der Waals surface area contributed by atoms with Crippen molar-refractivity contribution >= 4 is 11.6 Å². The Balaban J connectivity index is 1.95. The summed E-state index contributed by atoms with van der Waals surface area (Å²) in [5.41, 5.74) is 0.324. The molecule has 100 valence electrons. The van der Waals surface area contributed by atoms with Crippen LogP contribution in [-0.4, -0.2) is 23.9 Å². The highest BCUT2D eigenvalue weighted by molar-refractivity contribution is 6.18. The number of alkyl halides is 4. The molecule has 1 aromatic rings. The number of hydrogen-bond donors (Lipinski definition) is 0. The van der Waals surface area contributed by atoms with Crippen molar-refractivity contribution in [3.63, 3.8) is 0 Å². The van der Waals surface area contributed by atoms with E-state index in [0.29, 0.717) is 18.3 Å². The lowest BCUT2D eigenvalue weighted by molar-refractivity contribution is -0.137. The van der Waals surface area contributed by atoms with E-state index in [1.807, 2.05) is 0 Å². The maximum Gasteiger partial charge on any atom is 0.416 e. The first-order chi connectivity index (χ1) is 8.49. The molecular formula is C13H15ClF3N. The summed E-state index contributed by atoms with van der Waals surface area (Å²) in [6.07, 6.45) is -3.18. The van der Waals surface area contributed by atoms with Crippen molar-refractivity contribution in [1.29, 1.82) is 0 Å². The van der Waals surface area contributed by atoms with Crippen LogP contribution in [0, 0.1) is 5.92 Å². The van der Waals surface area contributed by atoms with Crippen LogP contribution in [0.1, 0.15) is 17.5 Å². The average molecular weight is 278 g/mol. The molecule has 1 nitrogen and oxygen atoms in total. The zero-order chi connectivity index (χ0) is 13.2. The van der Waals surface area contributed by atoms with Crippen LogP contribution >= 0.6 is 11.6 Å². The van der Waals surface area contributed by atoms with Crippen molar-refractivity contribution in [2.24, 2.45) is 5.92 Å².